The van der Waals surface area contributed by atoms with Crippen LogP contribution in [0.2, 0.25) is 0 Å². The number of imidazole rings is 1. The lowest BCUT2D eigenvalue weighted by atomic mass is 10.0. The predicted molar refractivity (Wildman–Crippen MR) is 139 cm³/mol. The van der Waals surface area contributed by atoms with Gasteiger partial charge in [0.15, 0.2) is 23.2 Å². The van der Waals surface area contributed by atoms with Gasteiger partial charge in [0.2, 0.25) is 11.8 Å². The summed E-state index contributed by atoms with van der Waals surface area (Å²) in [4.78, 5) is 39.1. The molecule has 3 heterocycles. The average Bonchev–Trinajstić information content (AvgIpc) is 3.45. The van der Waals surface area contributed by atoms with Crippen molar-refractivity contribution in [1.82, 2.24) is 24.8 Å². The summed E-state index contributed by atoms with van der Waals surface area (Å²) in [5.74, 6) is -0.0763. The molecule has 1 aliphatic heterocycles. The highest BCUT2D eigenvalue weighted by Crippen LogP contribution is 2.32. The Balaban J connectivity index is 1.44. The van der Waals surface area contributed by atoms with Crippen LogP contribution < -0.4 is 21.3 Å². The standard InChI is InChI=1S/C23H29BrN8O5/c1-31(2)20-18-21(27-10-26-20)32(11-28-18)23-19(35)17(15(9-33)37-23)30-22(36)14(25)7-12-3-5-13(6-4-12)29-16(34)8-24/h3-6,10-11,14-15,17,19,23,33,35H,7-9,25H2,1-2H3,(H,29,34)(H,30,36). The molecule has 5 unspecified atom stereocenters. The highest BCUT2D eigenvalue weighted by atomic mass is 79.9. The van der Waals surface area contributed by atoms with Crippen LogP contribution in [0.3, 0.4) is 0 Å². The van der Waals surface area contributed by atoms with Gasteiger partial charge in [-0.2, -0.15) is 0 Å². The molecule has 1 saturated heterocycles. The zero-order valence-electron chi connectivity index (χ0n) is 20.3. The second-order valence-electron chi connectivity index (χ2n) is 8.88. The number of carbonyl (C=O) groups is 2. The van der Waals surface area contributed by atoms with Gasteiger partial charge in [-0.15, -0.1) is 0 Å². The van der Waals surface area contributed by atoms with E-state index in [1.807, 2.05) is 14.1 Å². The van der Waals surface area contributed by atoms with Crippen LogP contribution in [0, 0.1) is 0 Å². The molecule has 2 aromatic heterocycles. The Kier molecular flexibility index (Phi) is 8.34. The van der Waals surface area contributed by atoms with Crippen molar-refractivity contribution in [2.75, 3.05) is 36.2 Å². The van der Waals surface area contributed by atoms with E-state index >= 15 is 0 Å². The lowest BCUT2D eigenvalue weighted by molar-refractivity contribution is -0.124. The van der Waals surface area contributed by atoms with E-state index in [9.17, 15) is 19.8 Å². The number of nitrogens with one attached hydrogen (secondary N) is 2. The first kappa shape index (κ1) is 26.9. The molecule has 198 valence electrons. The molecular formula is C23H29BrN8O5. The minimum Gasteiger partial charge on any atom is -0.394 e. The van der Waals surface area contributed by atoms with Gasteiger partial charge in [-0.05, 0) is 24.1 Å². The molecule has 5 atom stereocenters. The van der Waals surface area contributed by atoms with Crippen molar-refractivity contribution in [3.8, 4) is 0 Å². The number of nitrogens with zero attached hydrogens (tertiary/aromatic N) is 5. The number of amides is 2. The normalized spacial score (nSPS) is 22.1. The van der Waals surface area contributed by atoms with E-state index in [0.29, 0.717) is 22.7 Å². The fourth-order valence-corrected chi connectivity index (χ4v) is 4.34. The van der Waals surface area contributed by atoms with Crippen LogP contribution in [0.5, 0.6) is 0 Å². The van der Waals surface area contributed by atoms with Crippen molar-refractivity contribution in [2.45, 2.75) is 36.9 Å². The zero-order chi connectivity index (χ0) is 26.7. The van der Waals surface area contributed by atoms with Gasteiger partial charge in [0.05, 0.1) is 30.3 Å². The monoisotopic (exact) mass is 576 g/mol. The molecule has 1 aromatic carbocycles. The van der Waals surface area contributed by atoms with Crippen molar-refractivity contribution in [2.24, 2.45) is 5.73 Å². The third-order valence-electron chi connectivity index (χ3n) is 6.05. The fraction of sp³-hybridized carbons (Fsp3) is 0.435. The Hall–Kier alpha value is -3.17. The molecule has 13 nitrogen and oxygen atoms in total. The van der Waals surface area contributed by atoms with Crippen LogP contribution in [0.25, 0.3) is 11.2 Å². The minimum absolute atomic E-state index is 0.174. The first-order valence-electron chi connectivity index (χ1n) is 11.5. The van der Waals surface area contributed by atoms with E-state index in [-0.39, 0.29) is 17.7 Å². The summed E-state index contributed by atoms with van der Waals surface area (Å²) in [5.41, 5.74) is 8.53. The Morgan fingerprint density at radius 3 is 2.62 bits per heavy atom. The summed E-state index contributed by atoms with van der Waals surface area (Å²) in [7, 11) is 3.66. The van der Waals surface area contributed by atoms with E-state index in [1.165, 1.54) is 12.7 Å². The van der Waals surface area contributed by atoms with Crippen molar-refractivity contribution < 1.29 is 24.5 Å². The number of hydrogen-bond donors (Lipinski definition) is 5. The molecule has 0 spiro atoms. The second kappa shape index (κ2) is 11.5. The lowest BCUT2D eigenvalue weighted by Crippen LogP contribution is -2.53. The average molecular weight is 577 g/mol. The first-order valence-corrected chi connectivity index (χ1v) is 12.7. The number of aliphatic hydroxyl groups is 2. The van der Waals surface area contributed by atoms with Crippen LogP contribution in [0.15, 0.2) is 36.9 Å². The summed E-state index contributed by atoms with van der Waals surface area (Å²) in [6, 6.07) is 5.15. The summed E-state index contributed by atoms with van der Waals surface area (Å²) in [6.07, 6.45) is 0.0689. The number of aliphatic hydroxyl groups excluding tert-OH is 2. The molecule has 1 fully saturated rings. The highest BCUT2D eigenvalue weighted by Gasteiger charge is 2.46. The van der Waals surface area contributed by atoms with Gasteiger partial charge in [-0.3, -0.25) is 14.2 Å². The highest BCUT2D eigenvalue weighted by molar-refractivity contribution is 9.09. The van der Waals surface area contributed by atoms with Crippen LogP contribution >= 0.6 is 15.9 Å². The first-order chi connectivity index (χ1) is 17.7. The number of anilines is 2. The molecule has 4 rings (SSSR count). The van der Waals surface area contributed by atoms with Gasteiger partial charge in [0.25, 0.3) is 0 Å². The molecular weight excluding hydrogens is 548 g/mol. The molecule has 2 amide bonds. The minimum atomic E-state index is -1.21. The molecule has 0 saturated carbocycles. The van der Waals surface area contributed by atoms with Crippen molar-refractivity contribution in [3.63, 3.8) is 0 Å². The van der Waals surface area contributed by atoms with E-state index in [1.54, 1.807) is 33.7 Å². The quantitative estimate of drug-likeness (QED) is 0.209. The largest absolute Gasteiger partial charge is 0.394 e. The maximum Gasteiger partial charge on any atom is 0.237 e. The molecule has 3 aromatic rings. The maximum absolute atomic E-state index is 12.9. The number of rotatable bonds is 9. The van der Waals surface area contributed by atoms with Crippen LogP contribution in [-0.2, 0) is 20.7 Å². The second-order valence-corrected chi connectivity index (χ2v) is 9.44. The molecule has 6 N–H and O–H groups in total. The SMILES string of the molecule is CN(C)c1ncnc2c1ncn2C1OC(CO)C(NC(=O)C(N)Cc2ccc(NC(=O)CBr)cc2)C1O. The number of carbonyl (C=O) groups excluding carboxylic acids is 2. The van der Waals surface area contributed by atoms with E-state index in [4.69, 9.17) is 10.5 Å². The van der Waals surface area contributed by atoms with E-state index < -0.39 is 43.0 Å². The van der Waals surface area contributed by atoms with Crippen molar-refractivity contribution in [1.29, 1.82) is 0 Å². The molecule has 14 heteroatoms. The number of fused-ring (bicyclic) bond motifs is 1. The van der Waals surface area contributed by atoms with Crippen LogP contribution in [0.4, 0.5) is 11.5 Å². The molecule has 0 radical (unpaired) electrons. The Bertz CT molecular complexity index is 1250. The number of halogens is 1. The molecule has 0 aliphatic carbocycles. The topological polar surface area (TPSA) is 181 Å². The predicted octanol–water partition coefficient (Wildman–Crippen LogP) is -0.469. The van der Waals surface area contributed by atoms with Gasteiger partial charge in [-0.25, -0.2) is 15.0 Å². The lowest BCUT2D eigenvalue weighted by Gasteiger charge is -2.23. The van der Waals surface area contributed by atoms with Crippen molar-refractivity contribution >= 4 is 50.4 Å². The number of nitrogens with two attached hydrogens (primary N) is 1. The Morgan fingerprint density at radius 1 is 1.24 bits per heavy atom. The smallest absolute Gasteiger partial charge is 0.237 e. The zero-order valence-corrected chi connectivity index (χ0v) is 21.9. The molecule has 0 bridgehead atoms. The summed E-state index contributed by atoms with van der Waals surface area (Å²) >= 11 is 3.09. The van der Waals surface area contributed by atoms with Crippen molar-refractivity contribution in [3.05, 3.63) is 42.5 Å². The number of ether oxygens (including phenoxy) is 1. The van der Waals surface area contributed by atoms with Gasteiger partial charge in [-0.1, -0.05) is 28.1 Å². The number of benzene rings is 1. The number of aromatic nitrogens is 4. The molecule has 37 heavy (non-hydrogen) atoms. The summed E-state index contributed by atoms with van der Waals surface area (Å²) < 4.78 is 7.45. The van der Waals surface area contributed by atoms with E-state index in [2.05, 4.69) is 41.5 Å². The Morgan fingerprint density at radius 2 is 1.97 bits per heavy atom. The Labute approximate surface area is 221 Å². The summed E-state index contributed by atoms with van der Waals surface area (Å²) in [5, 5.41) is 26.6. The maximum atomic E-state index is 12.9. The van der Waals surface area contributed by atoms with Gasteiger partial charge in [0.1, 0.15) is 18.5 Å². The fourth-order valence-electron chi connectivity index (χ4n) is 4.20. The summed E-state index contributed by atoms with van der Waals surface area (Å²) in [6.45, 7) is -0.431. The molecule has 1 aliphatic rings. The van der Waals surface area contributed by atoms with E-state index in [0.717, 1.165) is 5.56 Å². The van der Waals surface area contributed by atoms with Crippen LogP contribution in [-0.4, -0.2) is 91.9 Å². The third-order valence-corrected chi connectivity index (χ3v) is 6.56. The number of alkyl halides is 1. The number of hydrogen-bond acceptors (Lipinski definition) is 10. The third kappa shape index (κ3) is 5.72. The van der Waals surface area contributed by atoms with Crippen LogP contribution in [0.1, 0.15) is 11.8 Å². The van der Waals surface area contributed by atoms with Gasteiger partial charge >= 0.3 is 0 Å². The van der Waals surface area contributed by atoms with Gasteiger partial charge < -0.3 is 36.2 Å². The van der Waals surface area contributed by atoms with Gasteiger partial charge in [0, 0.05) is 19.8 Å².